The number of benzene rings is 3. The predicted octanol–water partition coefficient (Wildman–Crippen LogP) is 4.84. The monoisotopic (exact) mass is 486 g/mol. The maximum absolute atomic E-state index is 12.6. The Kier molecular flexibility index (Phi) is 5.36. The van der Waals surface area contributed by atoms with Gasteiger partial charge < -0.3 is 13.7 Å². The average Bonchev–Trinajstić information content (AvgIpc) is 3.03. The lowest BCUT2D eigenvalue weighted by Crippen LogP contribution is -2.09. The number of allylic oxidation sites excluding steroid dienone is 1. The molecule has 1 aliphatic heterocycles. The van der Waals surface area contributed by atoms with Crippen molar-refractivity contribution in [1.82, 2.24) is 0 Å². The molecule has 0 saturated carbocycles. The van der Waals surface area contributed by atoms with Crippen LogP contribution in [0.3, 0.4) is 0 Å². The van der Waals surface area contributed by atoms with Gasteiger partial charge in [0, 0.05) is 10.5 Å². The second-order valence-corrected chi connectivity index (χ2v) is 8.83. The number of carbonyl (C=O) groups is 1. The first-order valence-corrected chi connectivity index (χ1v) is 11.0. The molecular weight excluding hydrogens is 472 g/mol. The molecule has 0 fully saturated rings. The van der Waals surface area contributed by atoms with E-state index in [0.717, 1.165) is 10.0 Å². The molecule has 6 nitrogen and oxygen atoms in total. The van der Waals surface area contributed by atoms with E-state index in [1.807, 2.05) is 6.07 Å². The normalized spacial score (nSPS) is 14.3. The number of fused-ring (bicyclic) bond motifs is 1. The zero-order valence-corrected chi connectivity index (χ0v) is 18.1. The highest BCUT2D eigenvalue weighted by Gasteiger charge is 2.28. The number of halogens is 1. The Morgan fingerprint density at radius 1 is 0.967 bits per heavy atom. The van der Waals surface area contributed by atoms with Crippen molar-refractivity contribution in [3.63, 3.8) is 0 Å². The van der Waals surface area contributed by atoms with Gasteiger partial charge in [-0.05, 0) is 60.2 Å². The summed E-state index contributed by atoms with van der Waals surface area (Å²) in [6, 6.07) is 17.6. The number of hydrogen-bond donors (Lipinski definition) is 0. The summed E-state index contributed by atoms with van der Waals surface area (Å²) in [4.78, 5) is 12.6. The second kappa shape index (κ2) is 7.97. The Morgan fingerprint density at radius 2 is 1.73 bits per heavy atom. The van der Waals surface area contributed by atoms with Gasteiger partial charge >= 0.3 is 10.1 Å². The van der Waals surface area contributed by atoms with Crippen molar-refractivity contribution < 1.29 is 26.9 Å². The Labute approximate surface area is 182 Å². The van der Waals surface area contributed by atoms with E-state index >= 15 is 0 Å². The fourth-order valence-corrected chi connectivity index (χ4v) is 4.06. The van der Waals surface area contributed by atoms with Gasteiger partial charge in [0.2, 0.25) is 5.78 Å². The van der Waals surface area contributed by atoms with E-state index in [2.05, 4.69) is 15.9 Å². The fraction of sp³-hybridized carbons (Fsp3) is 0.0455. The van der Waals surface area contributed by atoms with Crippen LogP contribution < -0.4 is 13.7 Å². The molecule has 8 heteroatoms. The third-order valence-corrected chi connectivity index (χ3v) is 6.13. The molecule has 0 aliphatic carbocycles. The van der Waals surface area contributed by atoms with Crippen LogP contribution in [0.2, 0.25) is 0 Å². The van der Waals surface area contributed by atoms with Gasteiger partial charge in [-0.15, -0.1) is 0 Å². The number of Topliss-reactive ketones (excluding diaryl/α,β-unsaturated/α-hetero) is 1. The van der Waals surface area contributed by atoms with Crippen LogP contribution in [0.4, 0.5) is 0 Å². The van der Waals surface area contributed by atoms with Crippen LogP contribution in [0.5, 0.6) is 17.2 Å². The van der Waals surface area contributed by atoms with Crippen molar-refractivity contribution in [1.29, 1.82) is 0 Å². The summed E-state index contributed by atoms with van der Waals surface area (Å²) in [6.07, 6.45) is 1.60. The number of rotatable bonds is 5. The first-order chi connectivity index (χ1) is 14.4. The van der Waals surface area contributed by atoms with Crippen molar-refractivity contribution in [2.75, 3.05) is 7.11 Å². The standard InChI is InChI=1S/C22H15BrO6S/c1-27-16-4-2-3-14(11-16)12-21-22(24)19-10-7-17(13-20(19)28-21)29-30(25,26)18-8-5-15(23)6-9-18/h2-13H,1H3/b21-12-. The maximum atomic E-state index is 12.6. The molecule has 0 amide bonds. The summed E-state index contributed by atoms with van der Waals surface area (Å²) in [5.74, 6) is 0.771. The average molecular weight is 487 g/mol. The molecule has 0 aromatic heterocycles. The first-order valence-electron chi connectivity index (χ1n) is 8.78. The lowest BCUT2D eigenvalue weighted by atomic mass is 10.1. The van der Waals surface area contributed by atoms with Crippen molar-refractivity contribution >= 4 is 37.9 Å². The highest BCUT2D eigenvalue weighted by molar-refractivity contribution is 9.10. The van der Waals surface area contributed by atoms with Crippen LogP contribution in [0, 0.1) is 0 Å². The number of hydrogen-bond acceptors (Lipinski definition) is 6. The predicted molar refractivity (Wildman–Crippen MR) is 114 cm³/mol. The fourth-order valence-electron chi connectivity index (χ4n) is 2.88. The Bertz CT molecular complexity index is 1260. The summed E-state index contributed by atoms with van der Waals surface area (Å²) >= 11 is 3.26. The zero-order valence-electron chi connectivity index (χ0n) is 15.7. The minimum atomic E-state index is -4.02. The number of carbonyl (C=O) groups excluding carboxylic acids is 1. The molecule has 30 heavy (non-hydrogen) atoms. The van der Waals surface area contributed by atoms with Crippen molar-refractivity contribution in [2.24, 2.45) is 0 Å². The van der Waals surface area contributed by atoms with Crippen LogP contribution >= 0.6 is 15.9 Å². The molecule has 0 unspecified atom stereocenters. The molecule has 0 radical (unpaired) electrons. The molecule has 3 aromatic rings. The summed E-state index contributed by atoms with van der Waals surface area (Å²) in [7, 11) is -2.46. The van der Waals surface area contributed by atoms with Crippen LogP contribution in [0.1, 0.15) is 15.9 Å². The van der Waals surface area contributed by atoms with Gasteiger partial charge in [-0.25, -0.2) is 0 Å². The number of ketones is 1. The van der Waals surface area contributed by atoms with E-state index < -0.39 is 10.1 Å². The number of methoxy groups -OCH3 is 1. The van der Waals surface area contributed by atoms with Crippen LogP contribution in [-0.2, 0) is 10.1 Å². The van der Waals surface area contributed by atoms with Gasteiger partial charge in [-0.2, -0.15) is 8.42 Å². The molecule has 0 atom stereocenters. The molecule has 0 saturated heterocycles. The van der Waals surface area contributed by atoms with Crippen molar-refractivity contribution in [3.05, 3.63) is 88.1 Å². The molecule has 4 rings (SSSR count). The van der Waals surface area contributed by atoms with Gasteiger partial charge in [0.1, 0.15) is 22.1 Å². The summed E-state index contributed by atoms with van der Waals surface area (Å²) in [6.45, 7) is 0. The largest absolute Gasteiger partial charge is 0.497 e. The van der Waals surface area contributed by atoms with E-state index in [-0.39, 0.29) is 27.9 Å². The van der Waals surface area contributed by atoms with E-state index in [4.69, 9.17) is 13.7 Å². The molecule has 1 heterocycles. The third kappa shape index (κ3) is 4.10. The first kappa shape index (κ1) is 20.2. The SMILES string of the molecule is COc1cccc(/C=C2\Oc3cc(OS(=O)(=O)c4ccc(Br)cc4)ccc3C2=O)c1. The molecule has 3 aromatic carbocycles. The summed E-state index contributed by atoms with van der Waals surface area (Å²) in [5.41, 5.74) is 1.07. The minimum Gasteiger partial charge on any atom is -0.497 e. The lowest BCUT2D eigenvalue weighted by Gasteiger charge is -2.08. The van der Waals surface area contributed by atoms with Gasteiger partial charge in [0.15, 0.2) is 5.76 Å². The van der Waals surface area contributed by atoms with Gasteiger partial charge in [0.05, 0.1) is 12.7 Å². The van der Waals surface area contributed by atoms with E-state index in [0.29, 0.717) is 11.3 Å². The Morgan fingerprint density at radius 3 is 2.47 bits per heavy atom. The molecule has 152 valence electrons. The van der Waals surface area contributed by atoms with Gasteiger partial charge in [0.25, 0.3) is 0 Å². The lowest BCUT2D eigenvalue weighted by molar-refractivity contribution is 0.101. The second-order valence-electron chi connectivity index (χ2n) is 6.37. The topological polar surface area (TPSA) is 78.9 Å². The van der Waals surface area contributed by atoms with Gasteiger partial charge in [-0.1, -0.05) is 28.1 Å². The van der Waals surface area contributed by atoms with Crippen molar-refractivity contribution in [3.8, 4) is 17.2 Å². The molecular formula is C22H15BrO6S. The van der Waals surface area contributed by atoms with Gasteiger partial charge in [-0.3, -0.25) is 4.79 Å². The van der Waals surface area contributed by atoms with Crippen LogP contribution in [0.15, 0.2) is 81.9 Å². The summed E-state index contributed by atoms with van der Waals surface area (Å²) in [5, 5.41) is 0. The Hall–Kier alpha value is -3.10. The quantitative estimate of drug-likeness (QED) is 0.379. The highest BCUT2D eigenvalue weighted by atomic mass is 79.9. The Balaban J connectivity index is 1.59. The van der Waals surface area contributed by atoms with E-state index in [9.17, 15) is 13.2 Å². The third-order valence-electron chi connectivity index (χ3n) is 4.34. The smallest absolute Gasteiger partial charge is 0.339 e. The minimum absolute atomic E-state index is 0.0156. The van der Waals surface area contributed by atoms with Crippen LogP contribution in [0.25, 0.3) is 6.08 Å². The van der Waals surface area contributed by atoms with E-state index in [1.165, 1.54) is 30.3 Å². The number of ether oxygens (including phenoxy) is 2. The molecule has 0 bridgehead atoms. The molecule has 0 N–H and O–H groups in total. The van der Waals surface area contributed by atoms with E-state index in [1.54, 1.807) is 43.5 Å². The zero-order chi connectivity index (χ0) is 21.3. The van der Waals surface area contributed by atoms with Crippen LogP contribution in [-0.4, -0.2) is 21.3 Å². The summed E-state index contributed by atoms with van der Waals surface area (Å²) < 4.78 is 41.7. The maximum Gasteiger partial charge on any atom is 0.339 e. The molecule has 1 aliphatic rings. The molecule has 0 spiro atoms. The van der Waals surface area contributed by atoms with Crippen molar-refractivity contribution in [2.45, 2.75) is 4.90 Å². The highest BCUT2D eigenvalue weighted by Crippen LogP contribution is 2.36.